The van der Waals surface area contributed by atoms with Crippen LogP contribution in [-0.2, 0) is 6.42 Å². The first kappa shape index (κ1) is 15.7. The van der Waals surface area contributed by atoms with Gasteiger partial charge in [-0.05, 0) is 42.4 Å². The molecule has 0 atom stereocenters. The number of rotatable bonds is 7. The van der Waals surface area contributed by atoms with Gasteiger partial charge in [0.05, 0.1) is 0 Å². The molecule has 1 heterocycles. The highest BCUT2D eigenvalue weighted by Crippen LogP contribution is 2.39. The van der Waals surface area contributed by atoms with Crippen LogP contribution in [0.1, 0.15) is 40.4 Å². The van der Waals surface area contributed by atoms with Crippen molar-refractivity contribution >= 4 is 5.91 Å². The van der Waals surface area contributed by atoms with E-state index in [1.54, 1.807) is 4.90 Å². The van der Waals surface area contributed by atoms with Crippen LogP contribution in [0.15, 0.2) is 48.7 Å². The molecule has 0 aliphatic heterocycles. The lowest BCUT2D eigenvalue weighted by atomic mass is 10.1. The van der Waals surface area contributed by atoms with E-state index < -0.39 is 0 Å². The third-order valence-corrected chi connectivity index (χ3v) is 4.25. The zero-order valence-corrected chi connectivity index (χ0v) is 13.3. The molecule has 0 unspecified atom stereocenters. The molecule has 1 aromatic carbocycles. The van der Waals surface area contributed by atoms with E-state index in [2.05, 4.69) is 17.1 Å². The first-order chi connectivity index (χ1) is 11.3. The largest absolute Gasteiger partial charge is 0.336 e. The fourth-order valence-corrected chi connectivity index (χ4v) is 2.73. The van der Waals surface area contributed by atoms with Crippen molar-refractivity contribution < 1.29 is 4.79 Å². The fraction of sp³-hybridized carbons (Fsp3) is 0.368. The van der Waals surface area contributed by atoms with Gasteiger partial charge >= 0.3 is 0 Å². The Morgan fingerprint density at radius 2 is 1.91 bits per heavy atom. The number of nitrogens with two attached hydrogens (primary N) is 1. The van der Waals surface area contributed by atoms with Crippen molar-refractivity contribution in [3.8, 4) is 0 Å². The minimum Gasteiger partial charge on any atom is -0.336 e. The third kappa shape index (κ3) is 4.17. The van der Waals surface area contributed by atoms with Crippen LogP contribution in [-0.4, -0.2) is 35.4 Å². The van der Waals surface area contributed by atoms with Crippen molar-refractivity contribution in [1.82, 2.24) is 9.88 Å². The number of benzene rings is 1. The van der Waals surface area contributed by atoms with E-state index in [-0.39, 0.29) is 5.91 Å². The van der Waals surface area contributed by atoms with E-state index in [4.69, 9.17) is 5.73 Å². The molecular formula is C19H23N3O. The van der Waals surface area contributed by atoms with Crippen LogP contribution >= 0.6 is 0 Å². The SMILES string of the molecule is NCCN(CCc1ccccc1)C(=O)c1ccc(C2CC2)cn1. The van der Waals surface area contributed by atoms with Crippen LogP contribution < -0.4 is 5.73 Å². The molecular weight excluding hydrogens is 286 g/mol. The molecule has 120 valence electrons. The van der Waals surface area contributed by atoms with Crippen LogP contribution in [0.4, 0.5) is 0 Å². The monoisotopic (exact) mass is 309 g/mol. The topological polar surface area (TPSA) is 59.2 Å². The van der Waals surface area contributed by atoms with Crippen LogP contribution in [0.2, 0.25) is 0 Å². The molecule has 3 rings (SSSR count). The van der Waals surface area contributed by atoms with Crippen molar-refractivity contribution in [3.05, 3.63) is 65.5 Å². The lowest BCUT2D eigenvalue weighted by Crippen LogP contribution is -2.37. The molecule has 2 N–H and O–H groups in total. The van der Waals surface area contributed by atoms with Gasteiger partial charge in [0.1, 0.15) is 5.69 Å². The van der Waals surface area contributed by atoms with Crippen molar-refractivity contribution in [2.75, 3.05) is 19.6 Å². The zero-order chi connectivity index (χ0) is 16.1. The Labute approximate surface area is 137 Å². The Kier molecular flexibility index (Phi) is 5.03. The van der Waals surface area contributed by atoms with Crippen LogP contribution in [0.5, 0.6) is 0 Å². The Balaban J connectivity index is 1.65. The van der Waals surface area contributed by atoms with Gasteiger partial charge in [0.25, 0.3) is 5.91 Å². The highest BCUT2D eigenvalue weighted by Gasteiger charge is 2.24. The van der Waals surface area contributed by atoms with Gasteiger partial charge in [-0.15, -0.1) is 0 Å². The number of carbonyl (C=O) groups excluding carboxylic acids is 1. The van der Waals surface area contributed by atoms with Crippen LogP contribution in [0, 0.1) is 0 Å². The maximum atomic E-state index is 12.7. The Hall–Kier alpha value is -2.20. The summed E-state index contributed by atoms with van der Waals surface area (Å²) in [5, 5.41) is 0. The van der Waals surface area contributed by atoms with E-state index in [9.17, 15) is 4.79 Å². The molecule has 4 nitrogen and oxygen atoms in total. The van der Waals surface area contributed by atoms with Crippen molar-refractivity contribution in [2.24, 2.45) is 5.73 Å². The second-order valence-corrected chi connectivity index (χ2v) is 6.07. The second-order valence-electron chi connectivity index (χ2n) is 6.07. The normalized spacial score (nSPS) is 13.8. The minimum atomic E-state index is -0.0336. The van der Waals surface area contributed by atoms with E-state index in [1.165, 1.54) is 24.0 Å². The summed E-state index contributed by atoms with van der Waals surface area (Å²) >= 11 is 0. The fourth-order valence-electron chi connectivity index (χ4n) is 2.73. The summed E-state index contributed by atoms with van der Waals surface area (Å²) in [6.45, 7) is 1.67. The summed E-state index contributed by atoms with van der Waals surface area (Å²) in [4.78, 5) is 18.8. The molecule has 1 aromatic heterocycles. The Bertz CT molecular complexity index is 635. The first-order valence-corrected chi connectivity index (χ1v) is 8.27. The first-order valence-electron chi connectivity index (χ1n) is 8.27. The summed E-state index contributed by atoms with van der Waals surface area (Å²) in [6, 6.07) is 14.1. The third-order valence-electron chi connectivity index (χ3n) is 4.25. The molecule has 0 bridgehead atoms. The summed E-state index contributed by atoms with van der Waals surface area (Å²) in [5.41, 5.74) is 8.65. The van der Waals surface area contributed by atoms with Crippen LogP contribution in [0.25, 0.3) is 0 Å². The number of aromatic nitrogens is 1. The minimum absolute atomic E-state index is 0.0336. The number of nitrogens with zero attached hydrogens (tertiary/aromatic N) is 2. The highest BCUT2D eigenvalue weighted by molar-refractivity contribution is 5.92. The molecule has 0 saturated heterocycles. The molecule has 2 aromatic rings. The number of hydrogen-bond donors (Lipinski definition) is 1. The van der Waals surface area contributed by atoms with Gasteiger partial charge in [0, 0.05) is 25.8 Å². The van der Waals surface area contributed by atoms with Gasteiger partial charge in [-0.2, -0.15) is 0 Å². The smallest absolute Gasteiger partial charge is 0.272 e. The maximum Gasteiger partial charge on any atom is 0.272 e. The van der Waals surface area contributed by atoms with Crippen molar-refractivity contribution in [2.45, 2.75) is 25.2 Å². The molecule has 0 radical (unpaired) electrons. The van der Waals surface area contributed by atoms with Crippen LogP contribution in [0.3, 0.4) is 0 Å². The van der Waals surface area contributed by atoms with E-state index in [0.29, 0.717) is 31.2 Å². The zero-order valence-electron chi connectivity index (χ0n) is 13.3. The second kappa shape index (κ2) is 7.38. The molecule has 1 aliphatic rings. The lowest BCUT2D eigenvalue weighted by Gasteiger charge is -2.21. The maximum absolute atomic E-state index is 12.7. The predicted molar refractivity (Wildman–Crippen MR) is 91.3 cm³/mol. The lowest BCUT2D eigenvalue weighted by molar-refractivity contribution is 0.0756. The van der Waals surface area contributed by atoms with Gasteiger partial charge in [-0.1, -0.05) is 36.4 Å². The van der Waals surface area contributed by atoms with Gasteiger partial charge in [-0.3, -0.25) is 9.78 Å². The Morgan fingerprint density at radius 1 is 1.13 bits per heavy atom. The Morgan fingerprint density at radius 3 is 2.52 bits per heavy atom. The summed E-state index contributed by atoms with van der Waals surface area (Å²) in [6.07, 6.45) is 5.16. The highest BCUT2D eigenvalue weighted by atomic mass is 16.2. The van der Waals surface area contributed by atoms with Gasteiger partial charge < -0.3 is 10.6 Å². The average Bonchev–Trinajstić information content (AvgIpc) is 3.44. The van der Waals surface area contributed by atoms with Gasteiger partial charge in [-0.25, -0.2) is 0 Å². The molecule has 4 heteroatoms. The number of carbonyl (C=O) groups is 1. The molecule has 1 fully saturated rings. The van der Waals surface area contributed by atoms with Crippen molar-refractivity contribution in [3.63, 3.8) is 0 Å². The molecule has 1 saturated carbocycles. The van der Waals surface area contributed by atoms with E-state index in [0.717, 1.165) is 6.42 Å². The molecule has 1 amide bonds. The van der Waals surface area contributed by atoms with Gasteiger partial charge in [0.15, 0.2) is 0 Å². The number of pyridine rings is 1. The molecule has 1 aliphatic carbocycles. The van der Waals surface area contributed by atoms with Gasteiger partial charge in [0.2, 0.25) is 0 Å². The summed E-state index contributed by atoms with van der Waals surface area (Å²) in [5.74, 6) is 0.624. The average molecular weight is 309 g/mol. The standard InChI is InChI=1S/C19H23N3O/c20-11-13-22(12-10-15-4-2-1-3-5-15)19(23)18-9-8-17(14-21-18)16-6-7-16/h1-5,8-9,14,16H,6-7,10-13,20H2. The molecule has 23 heavy (non-hydrogen) atoms. The predicted octanol–water partition coefficient (Wildman–Crippen LogP) is 2.60. The molecule has 0 spiro atoms. The quantitative estimate of drug-likeness (QED) is 0.855. The summed E-state index contributed by atoms with van der Waals surface area (Å²) < 4.78 is 0. The number of amides is 1. The van der Waals surface area contributed by atoms with E-state index in [1.807, 2.05) is 36.5 Å². The summed E-state index contributed by atoms with van der Waals surface area (Å²) in [7, 11) is 0. The van der Waals surface area contributed by atoms with Crippen molar-refractivity contribution in [1.29, 1.82) is 0 Å². The van der Waals surface area contributed by atoms with E-state index >= 15 is 0 Å². The number of hydrogen-bond acceptors (Lipinski definition) is 3.